The van der Waals surface area contributed by atoms with Gasteiger partial charge >= 0.3 is 12.1 Å². The van der Waals surface area contributed by atoms with E-state index in [4.69, 9.17) is 4.74 Å². The molecule has 47 heavy (non-hydrogen) atoms. The number of nitrogens with zero attached hydrogens (tertiary/aromatic N) is 4. The van der Waals surface area contributed by atoms with Crippen LogP contribution in [0.5, 0.6) is 5.75 Å². The number of benzene rings is 2. The molecule has 0 saturated carbocycles. The fraction of sp³-hybridized carbons (Fsp3) is 0.583. The van der Waals surface area contributed by atoms with E-state index in [0.717, 1.165) is 73.4 Å². The third-order valence-corrected chi connectivity index (χ3v) is 10.2. The molecule has 4 heterocycles. The number of likely N-dealkylation sites (tertiary alicyclic amines) is 1. The van der Waals surface area contributed by atoms with Gasteiger partial charge in [-0.2, -0.15) is 0 Å². The van der Waals surface area contributed by atoms with Crippen molar-refractivity contribution in [2.24, 2.45) is 0 Å². The van der Waals surface area contributed by atoms with Crippen molar-refractivity contribution < 1.29 is 24.2 Å². The van der Waals surface area contributed by atoms with Crippen molar-refractivity contribution in [1.29, 1.82) is 0 Å². The summed E-state index contributed by atoms with van der Waals surface area (Å²) in [7, 11) is 0. The molecule has 2 aromatic rings. The van der Waals surface area contributed by atoms with Crippen LogP contribution in [0.4, 0.5) is 15.3 Å². The van der Waals surface area contributed by atoms with Crippen molar-refractivity contribution in [2.75, 3.05) is 64.2 Å². The van der Waals surface area contributed by atoms with Crippen LogP contribution in [0.3, 0.4) is 0 Å². The summed E-state index contributed by atoms with van der Waals surface area (Å²) in [4.78, 5) is 48.5. The van der Waals surface area contributed by atoms with Crippen molar-refractivity contribution in [3.05, 3.63) is 58.7 Å². The molecule has 0 bridgehead atoms. The molecule has 0 aliphatic carbocycles. The van der Waals surface area contributed by atoms with E-state index < -0.39 is 12.2 Å². The van der Waals surface area contributed by atoms with E-state index in [0.29, 0.717) is 51.6 Å². The number of amides is 4. The molecular formula is C36H52N6O5. The lowest BCUT2D eigenvalue weighted by Crippen LogP contribution is -2.56. The van der Waals surface area contributed by atoms with E-state index in [-0.39, 0.29) is 37.6 Å². The number of hydrogen-bond donors (Lipinski definition) is 3. The number of urea groups is 1. The molecule has 3 saturated heterocycles. The zero-order valence-corrected chi connectivity index (χ0v) is 27.2. The Hall–Kier alpha value is -3.83. The van der Waals surface area contributed by atoms with E-state index in [2.05, 4.69) is 15.5 Å². The van der Waals surface area contributed by atoms with Gasteiger partial charge in [-0.3, -0.25) is 9.69 Å². The maximum absolute atomic E-state index is 14.0. The number of aryl methyl sites for hydroxylation is 2. The minimum Gasteiger partial charge on any atom is -0.507 e. The molecule has 3 fully saturated rings. The SMILES string of the molecule is C.Cc1cc(C[C@@H](OC(=O)N2CCC(N3CCc4ccccc4NC3=O)CC2)C(=O)N2CCN(C3CCNCC3)CC2)cc(C)c1O. The monoisotopic (exact) mass is 648 g/mol. The van der Waals surface area contributed by atoms with Crippen molar-refractivity contribution >= 4 is 23.7 Å². The van der Waals surface area contributed by atoms with Crippen molar-refractivity contribution in [2.45, 2.75) is 78.0 Å². The first-order chi connectivity index (χ1) is 22.3. The highest BCUT2D eigenvalue weighted by atomic mass is 16.6. The summed E-state index contributed by atoms with van der Waals surface area (Å²) in [6.07, 6.45) is 3.11. The Bertz CT molecular complexity index is 1390. The highest BCUT2D eigenvalue weighted by Crippen LogP contribution is 2.27. The molecule has 0 aromatic heterocycles. The highest BCUT2D eigenvalue weighted by Gasteiger charge is 2.36. The van der Waals surface area contributed by atoms with E-state index in [1.807, 2.05) is 60.0 Å². The molecule has 4 aliphatic heterocycles. The number of phenols is 1. The molecule has 4 aliphatic rings. The Labute approximate surface area is 279 Å². The molecule has 6 rings (SSSR count). The maximum atomic E-state index is 14.0. The van der Waals surface area contributed by atoms with Crippen LogP contribution in [0.1, 0.15) is 55.4 Å². The smallest absolute Gasteiger partial charge is 0.410 e. The minimum atomic E-state index is -0.964. The molecule has 0 unspecified atom stereocenters. The average Bonchev–Trinajstić information content (AvgIpc) is 3.25. The third kappa shape index (κ3) is 8.01. The molecule has 256 valence electrons. The zero-order chi connectivity index (χ0) is 32.2. The Morgan fingerprint density at radius 1 is 0.894 bits per heavy atom. The van der Waals surface area contributed by atoms with Crippen LogP contribution in [0.25, 0.3) is 0 Å². The zero-order valence-electron chi connectivity index (χ0n) is 27.2. The van der Waals surface area contributed by atoms with Crippen molar-refractivity contribution in [3.8, 4) is 5.75 Å². The first kappa shape index (κ1) is 34.5. The van der Waals surface area contributed by atoms with Crippen LogP contribution in [-0.4, -0.2) is 120 Å². The lowest BCUT2D eigenvalue weighted by molar-refractivity contribution is -0.143. The first-order valence-electron chi connectivity index (χ1n) is 16.9. The second-order valence-corrected chi connectivity index (χ2v) is 13.2. The van der Waals surface area contributed by atoms with Gasteiger partial charge < -0.3 is 35.2 Å². The molecule has 11 heteroatoms. The third-order valence-electron chi connectivity index (χ3n) is 10.2. The number of ether oxygens (including phenoxy) is 1. The Balaban J connectivity index is 0.00000433. The summed E-state index contributed by atoms with van der Waals surface area (Å²) in [5, 5.41) is 16.8. The lowest BCUT2D eigenvalue weighted by atomic mass is 10.00. The molecule has 4 amide bonds. The van der Waals surface area contributed by atoms with Gasteiger partial charge in [0.15, 0.2) is 6.10 Å². The average molecular weight is 649 g/mol. The fourth-order valence-corrected chi connectivity index (χ4v) is 7.53. The lowest BCUT2D eigenvalue weighted by Gasteiger charge is -2.41. The van der Waals surface area contributed by atoms with Crippen LogP contribution in [-0.2, 0) is 22.4 Å². The molecule has 0 spiro atoms. The van der Waals surface area contributed by atoms with Crippen LogP contribution >= 0.6 is 0 Å². The molecule has 3 N–H and O–H groups in total. The van der Waals surface area contributed by atoms with Gasteiger partial charge in [-0.1, -0.05) is 37.8 Å². The fourth-order valence-electron chi connectivity index (χ4n) is 7.53. The van der Waals surface area contributed by atoms with Crippen molar-refractivity contribution in [1.82, 2.24) is 24.9 Å². The van der Waals surface area contributed by atoms with Crippen LogP contribution in [0.15, 0.2) is 36.4 Å². The number of carbonyl (C=O) groups is 3. The predicted octanol–water partition coefficient (Wildman–Crippen LogP) is 4.14. The van der Waals surface area contributed by atoms with Gasteiger partial charge in [0.25, 0.3) is 5.91 Å². The normalized spacial score (nSPS) is 20.5. The Morgan fingerprint density at radius 3 is 2.23 bits per heavy atom. The summed E-state index contributed by atoms with van der Waals surface area (Å²) >= 11 is 0. The second kappa shape index (κ2) is 15.4. The molecule has 2 aromatic carbocycles. The molecule has 11 nitrogen and oxygen atoms in total. The van der Waals surface area contributed by atoms with Gasteiger partial charge in [0.2, 0.25) is 0 Å². The van der Waals surface area contributed by atoms with Gasteiger partial charge in [-0.15, -0.1) is 0 Å². The van der Waals surface area contributed by atoms with E-state index in [9.17, 15) is 19.5 Å². The van der Waals surface area contributed by atoms with Crippen molar-refractivity contribution in [3.63, 3.8) is 0 Å². The Kier molecular flexibility index (Phi) is 11.3. The standard InChI is InChI=1S/C35H48N6O5.CH4/c1-24-21-26(22-25(2)32(24)42)23-31(33(43)39-19-17-38(18-20-39)28-7-12-36-13-8-28)46-35(45)40-14-10-29(11-15-40)41-16-9-27-5-3-4-6-30(27)37-34(41)44;/h3-6,21-22,28-29,31,36,42H,7-20,23H2,1-2H3,(H,37,44);1H4/t31-;/m1./s1. The number of piperidine rings is 2. The van der Waals surface area contributed by atoms with Crippen LogP contribution in [0.2, 0.25) is 0 Å². The summed E-state index contributed by atoms with van der Waals surface area (Å²) in [5.74, 6) is 0.0693. The molecule has 1 atom stereocenters. The number of para-hydroxylation sites is 1. The van der Waals surface area contributed by atoms with E-state index in [1.165, 1.54) is 0 Å². The summed E-state index contributed by atoms with van der Waals surface area (Å²) in [5.41, 5.74) is 4.29. The predicted molar refractivity (Wildman–Crippen MR) is 183 cm³/mol. The number of carbonyl (C=O) groups excluding carboxylic acids is 3. The number of aromatic hydroxyl groups is 1. The first-order valence-corrected chi connectivity index (χ1v) is 16.9. The largest absolute Gasteiger partial charge is 0.507 e. The number of piperazine rings is 1. The van der Waals surface area contributed by atoms with Gasteiger partial charge in [-0.25, -0.2) is 9.59 Å². The quantitative estimate of drug-likeness (QED) is 0.431. The van der Waals surface area contributed by atoms with Gasteiger partial charge in [0.1, 0.15) is 5.75 Å². The number of hydrogen-bond acceptors (Lipinski definition) is 7. The topological polar surface area (TPSA) is 118 Å². The second-order valence-electron chi connectivity index (χ2n) is 13.2. The number of nitrogens with one attached hydrogen (secondary N) is 2. The van der Waals surface area contributed by atoms with Gasteiger partial charge in [0.05, 0.1) is 0 Å². The molecule has 0 radical (unpaired) electrons. The van der Waals surface area contributed by atoms with Gasteiger partial charge in [-0.05, 0) is 87.4 Å². The minimum absolute atomic E-state index is 0. The Morgan fingerprint density at radius 2 is 1.55 bits per heavy atom. The van der Waals surface area contributed by atoms with E-state index in [1.54, 1.807) is 4.90 Å². The summed E-state index contributed by atoms with van der Waals surface area (Å²) in [6, 6.07) is 12.1. The highest BCUT2D eigenvalue weighted by molar-refractivity contribution is 5.91. The maximum Gasteiger partial charge on any atom is 0.410 e. The summed E-state index contributed by atoms with van der Waals surface area (Å²) in [6.45, 7) is 10.1. The van der Waals surface area contributed by atoms with Crippen LogP contribution < -0.4 is 10.6 Å². The number of phenolic OH excluding ortho intramolecular Hbond substituents is 1. The van der Waals surface area contributed by atoms with Gasteiger partial charge in [0, 0.05) is 70.0 Å². The number of anilines is 1. The summed E-state index contributed by atoms with van der Waals surface area (Å²) < 4.78 is 6.04. The number of rotatable bonds is 6. The number of fused-ring (bicyclic) bond motifs is 1. The molecular weight excluding hydrogens is 596 g/mol. The van der Waals surface area contributed by atoms with Crippen LogP contribution in [0, 0.1) is 13.8 Å². The van der Waals surface area contributed by atoms with E-state index >= 15 is 0 Å².